The number of anilines is 1. The van der Waals surface area contributed by atoms with Gasteiger partial charge in [0, 0.05) is 16.1 Å². The normalized spacial score (nSPS) is 10.6. The van der Waals surface area contributed by atoms with Crippen LogP contribution in [0.15, 0.2) is 42.5 Å². The van der Waals surface area contributed by atoms with E-state index in [4.69, 9.17) is 33.7 Å². The Labute approximate surface area is 162 Å². The Morgan fingerprint density at radius 1 is 1.08 bits per heavy atom. The van der Waals surface area contributed by atoms with Crippen molar-refractivity contribution in [3.8, 4) is 17.7 Å². The molecule has 2 N–H and O–H groups in total. The SMILES string of the molecule is Cc1ccc(Oc2c(N)cc(C#N)n2Cc2ccc(Cl)cc2Cl)cc1C. The van der Waals surface area contributed by atoms with Crippen molar-refractivity contribution in [3.63, 3.8) is 0 Å². The lowest BCUT2D eigenvalue weighted by Gasteiger charge is -2.14. The number of nitrogens with two attached hydrogens (primary N) is 1. The monoisotopic (exact) mass is 385 g/mol. The summed E-state index contributed by atoms with van der Waals surface area (Å²) >= 11 is 12.2. The van der Waals surface area contributed by atoms with Gasteiger partial charge in [-0.25, -0.2) is 0 Å². The molecule has 1 aromatic heterocycles. The van der Waals surface area contributed by atoms with Crippen molar-refractivity contribution >= 4 is 28.9 Å². The van der Waals surface area contributed by atoms with E-state index in [1.54, 1.807) is 22.8 Å². The Morgan fingerprint density at radius 2 is 1.85 bits per heavy atom. The minimum Gasteiger partial charge on any atom is -0.439 e. The molecule has 2 aromatic carbocycles. The van der Waals surface area contributed by atoms with Crippen molar-refractivity contribution in [1.82, 2.24) is 4.57 Å². The van der Waals surface area contributed by atoms with Crippen LogP contribution in [0.3, 0.4) is 0 Å². The van der Waals surface area contributed by atoms with Crippen molar-refractivity contribution in [2.24, 2.45) is 0 Å². The van der Waals surface area contributed by atoms with Gasteiger partial charge in [-0.1, -0.05) is 35.3 Å². The molecule has 0 bridgehead atoms. The summed E-state index contributed by atoms with van der Waals surface area (Å²) in [5.74, 6) is 1.07. The Balaban J connectivity index is 2.01. The molecular formula is C20H17Cl2N3O. The van der Waals surface area contributed by atoms with Gasteiger partial charge < -0.3 is 10.5 Å². The minimum atomic E-state index is 0.344. The summed E-state index contributed by atoms with van der Waals surface area (Å²) in [7, 11) is 0. The van der Waals surface area contributed by atoms with Gasteiger partial charge in [-0.2, -0.15) is 5.26 Å². The highest BCUT2D eigenvalue weighted by atomic mass is 35.5. The molecule has 0 spiro atoms. The second-order valence-electron chi connectivity index (χ2n) is 6.07. The lowest BCUT2D eigenvalue weighted by atomic mass is 10.1. The van der Waals surface area contributed by atoms with E-state index in [1.807, 2.05) is 38.1 Å². The molecule has 4 nitrogen and oxygen atoms in total. The molecule has 26 heavy (non-hydrogen) atoms. The maximum absolute atomic E-state index is 9.46. The Bertz CT molecular complexity index is 1020. The lowest BCUT2D eigenvalue weighted by molar-refractivity contribution is 0.437. The summed E-state index contributed by atoms with van der Waals surface area (Å²) in [5, 5.41) is 10.5. The number of aromatic nitrogens is 1. The van der Waals surface area contributed by atoms with Gasteiger partial charge in [0.2, 0.25) is 5.88 Å². The molecular weight excluding hydrogens is 369 g/mol. The van der Waals surface area contributed by atoms with Crippen molar-refractivity contribution in [2.45, 2.75) is 20.4 Å². The van der Waals surface area contributed by atoms with Crippen LogP contribution in [0.2, 0.25) is 10.0 Å². The maximum Gasteiger partial charge on any atom is 0.224 e. The smallest absolute Gasteiger partial charge is 0.224 e. The second kappa shape index (κ2) is 7.33. The predicted molar refractivity (Wildman–Crippen MR) is 105 cm³/mol. The average molecular weight is 386 g/mol. The number of rotatable bonds is 4. The van der Waals surface area contributed by atoms with E-state index < -0.39 is 0 Å². The van der Waals surface area contributed by atoms with E-state index in [0.717, 1.165) is 11.1 Å². The zero-order chi connectivity index (χ0) is 18.8. The topological polar surface area (TPSA) is 64.0 Å². The highest BCUT2D eigenvalue weighted by molar-refractivity contribution is 6.35. The molecule has 6 heteroatoms. The van der Waals surface area contributed by atoms with Crippen LogP contribution in [-0.4, -0.2) is 4.57 Å². The zero-order valence-corrected chi connectivity index (χ0v) is 15.9. The number of benzene rings is 2. The first kappa shape index (κ1) is 18.2. The van der Waals surface area contributed by atoms with Crippen LogP contribution in [0.5, 0.6) is 11.6 Å². The zero-order valence-electron chi connectivity index (χ0n) is 14.4. The average Bonchev–Trinajstić information content (AvgIpc) is 2.89. The van der Waals surface area contributed by atoms with Gasteiger partial charge in [0.15, 0.2) is 0 Å². The van der Waals surface area contributed by atoms with Crippen molar-refractivity contribution in [1.29, 1.82) is 5.26 Å². The highest BCUT2D eigenvalue weighted by Gasteiger charge is 2.17. The molecule has 0 saturated heterocycles. The minimum absolute atomic E-state index is 0.344. The van der Waals surface area contributed by atoms with Crippen LogP contribution in [0.25, 0.3) is 0 Å². The molecule has 0 fully saturated rings. The predicted octanol–water partition coefficient (Wildman–Crippen LogP) is 5.71. The number of hydrogen-bond acceptors (Lipinski definition) is 3. The van der Waals surface area contributed by atoms with Crippen molar-refractivity contribution < 1.29 is 4.74 Å². The first-order valence-electron chi connectivity index (χ1n) is 7.97. The van der Waals surface area contributed by atoms with Crippen LogP contribution < -0.4 is 10.5 Å². The van der Waals surface area contributed by atoms with Crippen LogP contribution in [0, 0.1) is 25.2 Å². The van der Waals surface area contributed by atoms with E-state index in [9.17, 15) is 5.26 Å². The number of nitrogens with zero attached hydrogens (tertiary/aromatic N) is 2. The largest absolute Gasteiger partial charge is 0.439 e. The van der Waals surface area contributed by atoms with Crippen molar-refractivity contribution in [3.05, 3.63) is 74.9 Å². The van der Waals surface area contributed by atoms with Crippen molar-refractivity contribution in [2.75, 3.05) is 5.73 Å². The molecule has 0 radical (unpaired) electrons. The van der Waals surface area contributed by atoms with E-state index >= 15 is 0 Å². The van der Waals surface area contributed by atoms with E-state index in [1.165, 1.54) is 5.56 Å². The van der Waals surface area contributed by atoms with Gasteiger partial charge in [-0.3, -0.25) is 4.57 Å². The fourth-order valence-electron chi connectivity index (χ4n) is 2.63. The third-order valence-corrected chi connectivity index (χ3v) is 4.81. The molecule has 0 atom stereocenters. The number of hydrogen-bond donors (Lipinski definition) is 1. The molecule has 0 saturated carbocycles. The quantitative estimate of drug-likeness (QED) is 0.625. The third-order valence-electron chi connectivity index (χ3n) is 4.23. The molecule has 1 heterocycles. The standard InChI is InChI=1S/C20H17Cl2N3O/c1-12-3-6-17(7-13(12)2)26-20-19(24)9-16(10-23)25(20)11-14-4-5-15(21)8-18(14)22/h3-9H,11,24H2,1-2H3. The van der Waals surface area contributed by atoms with E-state index in [-0.39, 0.29) is 0 Å². The Hall–Kier alpha value is -2.61. The van der Waals surface area contributed by atoms with Gasteiger partial charge in [-0.05, 0) is 54.8 Å². The molecule has 0 aliphatic heterocycles. The number of nitriles is 1. The lowest BCUT2D eigenvalue weighted by Crippen LogP contribution is -2.05. The number of aryl methyl sites for hydroxylation is 2. The second-order valence-corrected chi connectivity index (χ2v) is 6.92. The molecule has 3 aromatic rings. The van der Waals surface area contributed by atoms with Gasteiger partial charge >= 0.3 is 0 Å². The molecule has 0 unspecified atom stereocenters. The number of ether oxygens (including phenoxy) is 1. The van der Waals surface area contributed by atoms with Gasteiger partial charge in [-0.15, -0.1) is 0 Å². The summed E-state index contributed by atoms with van der Waals surface area (Å²) < 4.78 is 7.72. The first-order valence-corrected chi connectivity index (χ1v) is 8.72. The Kier molecular flexibility index (Phi) is 5.13. The third kappa shape index (κ3) is 3.65. The summed E-state index contributed by atoms with van der Waals surface area (Å²) in [4.78, 5) is 0. The highest BCUT2D eigenvalue weighted by Crippen LogP contribution is 2.33. The number of nitrogen functional groups attached to an aromatic ring is 1. The van der Waals surface area contributed by atoms with Crippen LogP contribution in [0.1, 0.15) is 22.4 Å². The molecule has 0 aliphatic carbocycles. The summed E-state index contributed by atoms with van der Waals surface area (Å²) in [6, 6.07) is 14.8. The summed E-state index contributed by atoms with van der Waals surface area (Å²) in [6.07, 6.45) is 0. The van der Waals surface area contributed by atoms with Gasteiger partial charge in [0.25, 0.3) is 0 Å². The van der Waals surface area contributed by atoms with E-state index in [2.05, 4.69) is 6.07 Å². The molecule has 0 aliphatic rings. The number of halogens is 2. The summed E-state index contributed by atoms with van der Waals surface area (Å²) in [6.45, 7) is 4.39. The maximum atomic E-state index is 9.46. The fourth-order valence-corrected chi connectivity index (χ4v) is 3.09. The van der Waals surface area contributed by atoms with Crippen LogP contribution in [-0.2, 0) is 6.54 Å². The molecule has 3 rings (SSSR count). The fraction of sp³-hybridized carbons (Fsp3) is 0.150. The first-order chi connectivity index (χ1) is 12.4. The van der Waals surface area contributed by atoms with Crippen LogP contribution in [0.4, 0.5) is 5.69 Å². The van der Waals surface area contributed by atoms with Gasteiger partial charge in [0.1, 0.15) is 17.5 Å². The van der Waals surface area contributed by atoms with E-state index in [0.29, 0.717) is 39.6 Å². The van der Waals surface area contributed by atoms with Crippen LogP contribution >= 0.6 is 23.2 Å². The molecule has 132 valence electrons. The molecule has 0 amide bonds. The summed E-state index contributed by atoms with van der Waals surface area (Å²) in [5.41, 5.74) is 9.98. The Morgan fingerprint density at radius 3 is 2.50 bits per heavy atom. The van der Waals surface area contributed by atoms with Gasteiger partial charge in [0.05, 0.1) is 12.2 Å².